The zero-order valence-electron chi connectivity index (χ0n) is 15.8. The Labute approximate surface area is 165 Å². The first-order chi connectivity index (χ1) is 13.7. The monoisotopic (exact) mass is 403 g/mol. The molecule has 0 fully saturated rings. The molecule has 3 rings (SSSR count). The van der Waals surface area contributed by atoms with Crippen molar-refractivity contribution in [3.63, 3.8) is 0 Å². The number of fused-ring (bicyclic) bond motifs is 1. The van der Waals surface area contributed by atoms with Gasteiger partial charge in [0.05, 0.1) is 17.7 Å². The highest BCUT2D eigenvalue weighted by Crippen LogP contribution is 2.24. The lowest BCUT2D eigenvalue weighted by atomic mass is 10.1. The second-order valence-corrected chi connectivity index (χ2v) is 6.67. The van der Waals surface area contributed by atoms with Crippen LogP contribution in [0.4, 0.5) is 14.5 Å². The Hall–Kier alpha value is -3.33. The number of ether oxygens (including phenoxy) is 1. The van der Waals surface area contributed by atoms with Gasteiger partial charge in [0.15, 0.2) is 0 Å². The molecular weight excluding hydrogens is 384 g/mol. The molecule has 0 unspecified atom stereocenters. The zero-order chi connectivity index (χ0) is 21.1. The van der Waals surface area contributed by atoms with Crippen LogP contribution in [0.15, 0.2) is 42.5 Å². The summed E-state index contributed by atoms with van der Waals surface area (Å²) < 4.78 is 28.6. The predicted molar refractivity (Wildman–Crippen MR) is 101 cm³/mol. The van der Waals surface area contributed by atoms with Crippen LogP contribution in [0.1, 0.15) is 26.3 Å². The van der Waals surface area contributed by atoms with Crippen molar-refractivity contribution in [1.82, 2.24) is 9.80 Å². The number of benzene rings is 2. The summed E-state index contributed by atoms with van der Waals surface area (Å²) in [6.45, 7) is -2.39. The van der Waals surface area contributed by atoms with Gasteiger partial charge in [0, 0.05) is 19.3 Å². The molecule has 2 aromatic carbocycles. The Morgan fingerprint density at radius 3 is 2.41 bits per heavy atom. The lowest BCUT2D eigenvalue weighted by molar-refractivity contribution is -0.117. The number of hydrogen-bond acceptors (Lipinski definition) is 5. The molecule has 0 saturated carbocycles. The summed E-state index contributed by atoms with van der Waals surface area (Å²) in [5.41, 5.74) is 1.82. The number of amides is 3. The van der Waals surface area contributed by atoms with Crippen LogP contribution in [0.5, 0.6) is 5.75 Å². The van der Waals surface area contributed by atoms with Crippen LogP contribution < -0.4 is 10.1 Å². The summed E-state index contributed by atoms with van der Waals surface area (Å²) in [5.74, 6) is -1.00. The number of nitrogens with zero attached hydrogens (tertiary/aromatic N) is 2. The molecule has 0 spiro atoms. The van der Waals surface area contributed by atoms with Crippen LogP contribution in [0.3, 0.4) is 0 Å². The summed E-state index contributed by atoms with van der Waals surface area (Å²) in [7, 11) is 3.15. The average Bonchev–Trinajstić information content (AvgIpc) is 2.87. The molecule has 1 N–H and O–H groups in total. The van der Waals surface area contributed by atoms with Crippen LogP contribution in [0, 0.1) is 0 Å². The molecule has 29 heavy (non-hydrogen) atoms. The van der Waals surface area contributed by atoms with E-state index >= 15 is 0 Å². The van der Waals surface area contributed by atoms with E-state index in [1.54, 1.807) is 30.1 Å². The predicted octanol–water partition coefficient (Wildman–Crippen LogP) is 2.58. The van der Waals surface area contributed by atoms with E-state index in [-0.39, 0.29) is 29.7 Å². The SMILES string of the molecule is CN(CC(=O)Nc1ccc2c(c1)C(=O)N(C)C2=O)Cc1ccc(OC(F)F)cc1. The smallest absolute Gasteiger partial charge is 0.387 e. The molecular formula is C20H19F2N3O4. The van der Waals surface area contributed by atoms with Crippen LogP contribution in [-0.4, -0.2) is 54.8 Å². The van der Waals surface area contributed by atoms with Crippen molar-refractivity contribution < 1.29 is 27.9 Å². The molecule has 0 bridgehead atoms. The van der Waals surface area contributed by atoms with Gasteiger partial charge in [0.25, 0.3) is 11.8 Å². The fourth-order valence-electron chi connectivity index (χ4n) is 3.03. The first-order valence-electron chi connectivity index (χ1n) is 8.73. The lowest BCUT2D eigenvalue weighted by Gasteiger charge is -2.17. The number of carbonyl (C=O) groups excluding carboxylic acids is 3. The lowest BCUT2D eigenvalue weighted by Crippen LogP contribution is -2.29. The van der Waals surface area contributed by atoms with Crippen LogP contribution in [-0.2, 0) is 11.3 Å². The minimum atomic E-state index is -2.87. The molecule has 0 radical (unpaired) electrons. The normalized spacial score (nSPS) is 13.2. The maximum absolute atomic E-state index is 12.3. The Kier molecular flexibility index (Phi) is 5.88. The summed E-state index contributed by atoms with van der Waals surface area (Å²) in [6, 6.07) is 10.7. The van der Waals surface area contributed by atoms with Crippen molar-refractivity contribution >= 4 is 23.4 Å². The van der Waals surface area contributed by atoms with Gasteiger partial charge in [-0.05, 0) is 42.9 Å². The number of imide groups is 1. The van der Waals surface area contributed by atoms with Gasteiger partial charge in [-0.1, -0.05) is 12.1 Å². The number of halogens is 2. The Bertz CT molecular complexity index is 947. The molecule has 0 aromatic heterocycles. The second kappa shape index (κ2) is 8.36. The third kappa shape index (κ3) is 4.75. The molecule has 2 aromatic rings. The summed E-state index contributed by atoms with van der Waals surface area (Å²) in [5, 5.41) is 2.70. The fraction of sp³-hybridized carbons (Fsp3) is 0.250. The molecule has 0 atom stereocenters. The van der Waals surface area contributed by atoms with Crippen molar-refractivity contribution in [1.29, 1.82) is 0 Å². The molecule has 7 nitrogen and oxygen atoms in total. The maximum atomic E-state index is 12.3. The standard InChI is InChI=1S/C20H19F2N3O4/c1-24(10-12-3-6-14(7-4-12)29-20(21)22)11-17(26)23-13-5-8-15-16(9-13)19(28)25(2)18(15)27/h3-9,20H,10-11H2,1-2H3,(H,23,26). The summed E-state index contributed by atoms with van der Waals surface area (Å²) in [4.78, 5) is 39.0. The average molecular weight is 403 g/mol. The Morgan fingerprint density at radius 2 is 1.76 bits per heavy atom. The van der Waals surface area contributed by atoms with E-state index in [2.05, 4.69) is 10.1 Å². The van der Waals surface area contributed by atoms with E-state index < -0.39 is 12.5 Å². The molecule has 152 valence electrons. The molecule has 0 saturated heterocycles. The first-order valence-corrected chi connectivity index (χ1v) is 8.73. The third-order valence-electron chi connectivity index (χ3n) is 4.39. The highest BCUT2D eigenvalue weighted by Gasteiger charge is 2.32. The quantitative estimate of drug-likeness (QED) is 0.719. The van der Waals surface area contributed by atoms with E-state index in [0.29, 0.717) is 17.8 Å². The Morgan fingerprint density at radius 1 is 1.10 bits per heavy atom. The highest BCUT2D eigenvalue weighted by molar-refractivity contribution is 6.21. The van der Waals surface area contributed by atoms with Gasteiger partial charge in [-0.25, -0.2) is 0 Å². The molecule has 9 heteroatoms. The van der Waals surface area contributed by atoms with Crippen molar-refractivity contribution in [2.45, 2.75) is 13.2 Å². The fourth-order valence-corrected chi connectivity index (χ4v) is 3.03. The number of anilines is 1. The number of nitrogens with one attached hydrogen (secondary N) is 1. The van der Waals surface area contributed by atoms with Gasteiger partial charge in [-0.2, -0.15) is 8.78 Å². The van der Waals surface area contributed by atoms with Crippen molar-refractivity contribution in [2.75, 3.05) is 26.0 Å². The van der Waals surface area contributed by atoms with Gasteiger partial charge in [-0.15, -0.1) is 0 Å². The molecule has 1 heterocycles. The van der Waals surface area contributed by atoms with Gasteiger partial charge in [0.1, 0.15) is 5.75 Å². The van der Waals surface area contributed by atoms with Gasteiger partial charge in [0.2, 0.25) is 5.91 Å². The number of likely N-dealkylation sites (N-methyl/N-ethyl adjacent to an activating group) is 1. The Balaban J connectivity index is 1.56. The third-order valence-corrected chi connectivity index (χ3v) is 4.39. The van der Waals surface area contributed by atoms with Crippen molar-refractivity contribution in [3.8, 4) is 5.75 Å². The maximum Gasteiger partial charge on any atom is 0.387 e. The van der Waals surface area contributed by atoms with Crippen molar-refractivity contribution in [3.05, 3.63) is 59.2 Å². The number of carbonyl (C=O) groups is 3. The van der Waals surface area contributed by atoms with E-state index in [1.807, 2.05) is 0 Å². The minimum Gasteiger partial charge on any atom is -0.435 e. The van der Waals surface area contributed by atoms with Crippen LogP contribution in [0.2, 0.25) is 0 Å². The van der Waals surface area contributed by atoms with Gasteiger partial charge >= 0.3 is 6.61 Å². The first kappa shape index (κ1) is 20.4. The number of hydrogen-bond donors (Lipinski definition) is 1. The summed E-state index contributed by atoms with van der Waals surface area (Å²) in [6.07, 6.45) is 0. The van der Waals surface area contributed by atoms with Gasteiger partial charge in [-0.3, -0.25) is 24.2 Å². The van der Waals surface area contributed by atoms with E-state index in [1.165, 1.54) is 31.3 Å². The molecule has 3 amide bonds. The topological polar surface area (TPSA) is 79.0 Å². The zero-order valence-corrected chi connectivity index (χ0v) is 15.8. The highest BCUT2D eigenvalue weighted by atomic mass is 19.3. The van der Waals surface area contributed by atoms with E-state index in [4.69, 9.17) is 0 Å². The van der Waals surface area contributed by atoms with Gasteiger partial charge < -0.3 is 10.1 Å². The minimum absolute atomic E-state index is 0.0686. The van der Waals surface area contributed by atoms with Crippen LogP contribution in [0.25, 0.3) is 0 Å². The summed E-state index contributed by atoms with van der Waals surface area (Å²) >= 11 is 0. The van der Waals surface area contributed by atoms with E-state index in [9.17, 15) is 23.2 Å². The van der Waals surface area contributed by atoms with E-state index in [0.717, 1.165) is 10.5 Å². The molecule has 0 aliphatic carbocycles. The van der Waals surface area contributed by atoms with Crippen molar-refractivity contribution in [2.24, 2.45) is 0 Å². The molecule has 1 aliphatic rings. The second-order valence-electron chi connectivity index (χ2n) is 6.67. The number of alkyl halides is 2. The van der Waals surface area contributed by atoms with Crippen LogP contribution >= 0.6 is 0 Å². The largest absolute Gasteiger partial charge is 0.435 e. The molecule has 1 aliphatic heterocycles. The number of rotatable bonds is 7.